The number of nitrogens with zero attached hydrogens (tertiary/aromatic N) is 1. The average Bonchev–Trinajstić information content (AvgIpc) is 2.38. The molecule has 0 aliphatic carbocycles. The minimum Gasteiger partial charge on any atom is -0.406 e. The molecule has 1 aliphatic rings. The standard InChI is InChI=1S/C12H14F3NO3S/c13-12(14,15)19-10-4-6-11(7-5-10)20(17,18)16-8-2-1-3-9-16/h4-7H,1-3,8-9H2. The fourth-order valence-corrected chi connectivity index (χ4v) is 3.58. The van der Waals surface area contributed by atoms with Gasteiger partial charge in [-0.2, -0.15) is 4.31 Å². The SMILES string of the molecule is O=S(=O)(c1ccc(OC(F)(F)F)cc1)N1CCCCC1. The number of halogens is 3. The van der Waals surface area contributed by atoms with E-state index in [-0.39, 0.29) is 4.90 Å². The fraction of sp³-hybridized carbons (Fsp3) is 0.500. The summed E-state index contributed by atoms with van der Waals surface area (Å²) in [6, 6.07) is 4.27. The minimum atomic E-state index is -4.78. The summed E-state index contributed by atoms with van der Waals surface area (Å²) < 4.78 is 65.6. The number of ether oxygens (including phenoxy) is 1. The third-order valence-electron chi connectivity index (χ3n) is 3.01. The zero-order chi connectivity index (χ0) is 14.8. The first-order valence-electron chi connectivity index (χ1n) is 6.15. The lowest BCUT2D eigenvalue weighted by Gasteiger charge is -2.25. The number of hydrogen-bond acceptors (Lipinski definition) is 3. The quantitative estimate of drug-likeness (QED) is 0.862. The van der Waals surface area contributed by atoms with Crippen molar-refractivity contribution in [2.45, 2.75) is 30.5 Å². The van der Waals surface area contributed by atoms with E-state index in [1.165, 1.54) is 4.31 Å². The van der Waals surface area contributed by atoms with Crippen LogP contribution in [0.3, 0.4) is 0 Å². The van der Waals surface area contributed by atoms with Gasteiger partial charge in [0.25, 0.3) is 0 Å². The topological polar surface area (TPSA) is 46.6 Å². The molecular formula is C12H14F3NO3S. The van der Waals surface area contributed by atoms with Crippen molar-refractivity contribution in [2.75, 3.05) is 13.1 Å². The summed E-state index contributed by atoms with van der Waals surface area (Å²) in [5, 5.41) is 0. The smallest absolute Gasteiger partial charge is 0.406 e. The molecule has 0 amide bonds. The first kappa shape index (κ1) is 15.1. The van der Waals surface area contributed by atoms with Gasteiger partial charge in [-0.05, 0) is 37.1 Å². The Morgan fingerprint density at radius 1 is 1.00 bits per heavy atom. The maximum absolute atomic E-state index is 12.2. The van der Waals surface area contributed by atoms with E-state index in [4.69, 9.17) is 0 Å². The number of alkyl halides is 3. The van der Waals surface area contributed by atoms with Crippen LogP contribution in [0.2, 0.25) is 0 Å². The van der Waals surface area contributed by atoms with E-state index in [9.17, 15) is 21.6 Å². The van der Waals surface area contributed by atoms with Gasteiger partial charge < -0.3 is 4.74 Å². The summed E-state index contributed by atoms with van der Waals surface area (Å²) >= 11 is 0. The zero-order valence-corrected chi connectivity index (χ0v) is 11.4. The van der Waals surface area contributed by atoms with Crippen molar-refractivity contribution in [3.63, 3.8) is 0 Å². The van der Waals surface area contributed by atoms with Crippen LogP contribution in [-0.2, 0) is 10.0 Å². The molecule has 1 aromatic carbocycles. The Kier molecular flexibility index (Phi) is 4.24. The van der Waals surface area contributed by atoms with Crippen molar-refractivity contribution >= 4 is 10.0 Å². The fourth-order valence-electron chi connectivity index (χ4n) is 2.07. The lowest BCUT2D eigenvalue weighted by molar-refractivity contribution is -0.274. The summed E-state index contributed by atoms with van der Waals surface area (Å²) in [7, 11) is -3.63. The predicted molar refractivity (Wildman–Crippen MR) is 65.7 cm³/mol. The molecule has 0 bridgehead atoms. The van der Waals surface area contributed by atoms with Crippen LogP contribution in [0, 0.1) is 0 Å². The van der Waals surface area contributed by atoms with Gasteiger partial charge in [0, 0.05) is 13.1 Å². The van der Waals surface area contributed by atoms with Crippen LogP contribution in [0.5, 0.6) is 5.75 Å². The molecule has 0 atom stereocenters. The third-order valence-corrected chi connectivity index (χ3v) is 4.92. The van der Waals surface area contributed by atoms with Crippen LogP contribution in [0.1, 0.15) is 19.3 Å². The number of sulfonamides is 1. The Bertz CT molecular complexity index is 548. The second kappa shape index (κ2) is 5.61. The van der Waals surface area contributed by atoms with Gasteiger partial charge in [0.15, 0.2) is 0 Å². The van der Waals surface area contributed by atoms with Gasteiger partial charge in [-0.15, -0.1) is 13.2 Å². The van der Waals surface area contributed by atoms with E-state index >= 15 is 0 Å². The molecule has 0 N–H and O–H groups in total. The van der Waals surface area contributed by atoms with Crippen molar-refractivity contribution < 1.29 is 26.3 Å². The molecule has 2 rings (SSSR count). The van der Waals surface area contributed by atoms with Gasteiger partial charge >= 0.3 is 6.36 Å². The van der Waals surface area contributed by atoms with E-state index in [1.807, 2.05) is 0 Å². The molecule has 112 valence electrons. The Balaban J connectivity index is 2.16. The average molecular weight is 309 g/mol. The van der Waals surface area contributed by atoms with Gasteiger partial charge in [-0.3, -0.25) is 0 Å². The number of hydrogen-bond donors (Lipinski definition) is 0. The van der Waals surface area contributed by atoms with Crippen LogP contribution >= 0.6 is 0 Å². The van der Waals surface area contributed by atoms with Crippen LogP contribution in [0.15, 0.2) is 29.2 Å². The molecule has 4 nitrogen and oxygen atoms in total. The van der Waals surface area contributed by atoms with E-state index < -0.39 is 22.1 Å². The van der Waals surface area contributed by atoms with Gasteiger partial charge in [-0.25, -0.2) is 8.42 Å². The highest BCUT2D eigenvalue weighted by atomic mass is 32.2. The summed E-state index contributed by atoms with van der Waals surface area (Å²) in [4.78, 5) is -0.0195. The maximum atomic E-state index is 12.2. The minimum absolute atomic E-state index is 0.0195. The van der Waals surface area contributed by atoms with Crippen molar-refractivity contribution in [3.05, 3.63) is 24.3 Å². The molecule has 0 saturated carbocycles. The van der Waals surface area contributed by atoms with Gasteiger partial charge in [-0.1, -0.05) is 6.42 Å². The number of benzene rings is 1. The summed E-state index contributed by atoms with van der Waals surface area (Å²) in [5.41, 5.74) is 0. The number of rotatable bonds is 3. The lowest BCUT2D eigenvalue weighted by atomic mass is 10.2. The molecule has 1 heterocycles. The zero-order valence-electron chi connectivity index (χ0n) is 10.6. The second-order valence-electron chi connectivity index (χ2n) is 4.48. The molecule has 8 heteroatoms. The van der Waals surface area contributed by atoms with Crippen LogP contribution < -0.4 is 4.74 Å². The molecule has 0 unspecified atom stereocenters. The molecule has 20 heavy (non-hydrogen) atoms. The van der Waals surface area contributed by atoms with E-state index in [0.717, 1.165) is 43.5 Å². The highest BCUT2D eigenvalue weighted by molar-refractivity contribution is 7.89. The van der Waals surface area contributed by atoms with Crippen LogP contribution in [-0.4, -0.2) is 32.2 Å². The molecular weight excluding hydrogens is 295 g/mol. The van der Waals surface area contributed by atoms with E-state index in [1.54, 1.807) is 0 Å². The molecule has 0 spiro atoms. The van der Waals surface area contributed by atoms with E-state index in [0.29, 0.717) is 13.1 Å². The first-order chi connectivity index (χ1) is 9.29. The van der Waals surface area contributed by atoms with Crippen molar-refractivity contribution in [2.24, 2.45) is 0 Å². The molecule has 0 radical (unpaired) electrons. The van der Waals surface area contributed by atoms with Crippen molar-refractivity contribution in [1.29, 1.82) is 0 Å². The number of piperidine rings is 1. The summed E-state index contributed by atoms with van der Waals surface area (Å²) in [6.45, 7) is 0.895. The van der Waals surface area contributed by atoms with E-state index in [2.05, 4.69) is 4.74 Å². The van der Waals surface area contributed by atoms with Gasteiger partial charge in [0.05, 0.1) is 4.90 Å². The second-order valence-corrected chi connectivity index (χ2v) is 6.42. The Morgan fingerprint density at radius 2 is 1.55 bits per heavy atom. The third kappa shape index (κ3) is 3.63. The molecule has 0 aromatic heterocycles. The molecule has 1 saturated heterocycles. The Morgan fingerprint density at radius 3 is 2.05 bits per heavy atom. The first-order valence-corrected chi connectivity index (χ1v) is 7.59. The van der Waals surface area contributed by atoms with Crippen molar-refractivity contribution in [1.82, 2.24) is 4.31 Å². The normalized spacial score (nSPS) is 17.9. The van der Waals surface area contributed by atoms with Gasteiger partial charge in [0.1, 0.15) is 5.75 Å². The predicted octanol–water partition coefficient (Wildman–Crippen LogP) is 2.76. The Hall–Kier alpha value is -1.28. The summed E-state index contributed by atoms with van der Waals surface area (Å²) in [5.74, 6) is -0.435. The van der Waals surface area contributed by atoms with Crippen LogP contribution in [0.25, 0.3) is 0 Å². The maximum Gasteiger partial charge on any atom is 0.573 e. The monoisotopic (exact) mass is 309 g/mol. The largest absolute Gasteiger partial charge is 0.573 e. The molecule has 1 fully saturated rings. The highest BCUT2D eigenvalue weighted by Gasteiger charge is 2.31. The van der Waals surface area contributed by atoms with Crippen LogP contribution in [0.4, 0.5) is 13.2 Å². The van der Waals surface area contributed by atoms with Crippen molar-refractivity contribution in [3.8, 4) is 5.75 Å². The molecule has 1 aliphatic heterocycles. The van der Waals surface area contributed by atoms with Gasteiger partial charge in [0.2, 0.25) is 10.0 Å². The molecule has 1 aromatic rings. The highest BCUT2D eigenvalue weighted by Crippen LogP contribution is 2.26. The lowest BCUT2D eigenvalue weighted by Crippen LogP contribution is -2.35. The summed E-state index contributed by atoms with van der Waals surface area (Å²) in [6.07, 6.45) is -2.19. The Labute approximate surface area is 115 Å².